The molecule has 5 rings (SSSR count). The van der Waals surface area contributed by atoms with Gasteiger partial charge in [0.25, 0.3) is 0 Å². The Hall–Kier alpha value is -2.30. The number of para-hydroxylation sites is 1. The molecule has 0 saturated heterocycles. The number of benzene rings is 2. The van der Waals surface area contributed by atoms with E-state index < -0.39 is 6.10 Å². The van der Waals surface area contributed by atoms with Crippen molar-refractivity contribution in [3.8, 4) is 17.2 Å². The van der Waals surface area contributed by atoms with E-state index in [9.17, 15) is 5.11 Å². The van der Waals surface area contributed by atoms with E-state index >= 15 is 0 Å². The molecule has 0 radical (unpaired) electrons. The second kappa shape index (κ2) is 5.86. The first-order chi connectivity index (χ1) is 12.7. The Morgan fingerprint density at radius 3 is 2.88 bits per heavy atom. The lowest BCUT2D eigenvalue weighted by Gasteiger charge is -2.35. The highest BCUT2D eigenvalue weighted by Gasteiger charge is 2.52. The normalized spacial score (nSPS) is 29.5. The predicted octanol–water partition coefficient (Wildman–Crippen LogP) is 3.63. The predicted molar refractivity (Wildman–Crippen MR) is 99.8 cm³/mol. The van der Waals surface area contributed by atoms with Gasteiger partial charge in [0, 0.05) is 18.5 Å². The third-order valence-electron chi connectivity index (χ3n) is 5.90. The van der Waals surface area contributed by atoms with Crippen LogP contribution in [0, 0.1) is 0 Å². The molecule has 2 aliphatic heterocycles. The first-order valence-corrected chi connectivity index (χ1v) is 9.27. The van der Waals surface area contributed by atoms with Gasteiger partial charge in [0.15, 0.2) is 11.5 Å². The summed E-state index contributed by atoms with van der Waals surface area (Å²) < 4.78 is 12.6. The standard InChI is InChI=1S/C22H23NO3/c1-23-12-11-22-10-9-16(24)13-19(22)26-21-18(8-7-15(14-23)20(21)22)25-17-5-3-2-4-6-17/h2-10,16,19,24H,11-14H2,1H3/t16?,19-,22?/m1/s1. The lowest BCUT2D eigenvalue weighted by molar-refractivity contribution is 0.0824. The van der Waals surface area contributed by atoms with Crippen LogP contribution in [-0.2, 0) is 12.0 Å². The molecule has 134 valence electrons. The molecule has 1 aliphatic carbocycles. The number of nitrogens with zero attached hydrogens (tertiary/aromatic N) is 1. The van der Waals surface area contributed by atoms with E-state index in [1.54, 1.807) is 0 Å². The summed E-state index contributed by atoms with van der Waals surface area (Å²) in [4.78, 5) is 2.36. The van der Waals surface area contributed by atoms with Gasteiger partial charge in [0.1, 0.15) is 11.9 Å². The van der Waals surface area contributed by atoms with Gasteiger partial charge in [-0.3, -0.25) is 0 Å². The number of ether oxygens (including phenoxy) is 2. The third-order valence-corrected chi connectivity index (χ3v) is 5.90. The maximum Gasteiger partial charge on any atom is 0.169 e. The van der Waals surface area contributed by atoms with Crippen LogP contribution in [0.5, 0.6) is 17.2 Å². The van der Waals surface area contributed by atoms with Crippen LogP contribution in [0.3, 0.4) is 0 Å². The molecule has 3 atom stereocenters. The van der Waals surface area contributed by atoms with Crippen molar-refractivity contribution in [1.29, 1.82) is 0 Å². The number of hydrogen-bond donors (Lipinski definition) is 1. The summed E-state index contributed by atoms with van der Waals surface area (Å²) in [5, 5.41) is 10.2. The molecule has 2 aromatic rings. The lowest BCUT2D eigenvalue weighted by atomic mass is 9.69. The topological polar surface area (TPSA) is 41.9 Å². The van der Waals surface area contributed by atoms with E-state index in [0.717, 1.165) is 36.8 Å². The average Bonchev–Trinajstić information content (AvgIpc) is 2.90. The zero-order valence-electron chi connectivity index (χ0n) is 14.9. The molecule has 2 unspecified atom stereocenters. The Kier molecular flexibility index (Phi) is 3.59. The van der Waals surface area contributed by atoms with Crippen LogP contribution in [0.15, 0.2) is 54.6 Å². The first-order valence-electron chi connectivity index (χ1n) is 9.27. The minimum absolute atomic E-state index is 0.0386. The molecule has 0 fully saturated rings. The van der Waals surface area contributed by atoms with Gasteiger partial charge in [-0.05, 0) is 43.8 Å². The number of aliphatic hydroxyl groups is 1. The van der Waals surface area contributed by atoms with Gasteiger partial charge in [0.2, 0.25) is 0 Å². The van der Waals surface area contributed by atoms with Crippen LogP contribution in [0.25, 0.3) is 0 Å². The number of hydrogen-bond acceptors (Lipinski definition) is 4. The molecule has 4 heteroatoms. The summed E-state index contributed by atoms with van der Waals surface area (Å²) in [6.07, 6.45) is 5.26. The molecular formula is C22H23NO3. The van der Waals surface area contributed by atoms with Crippen molar-refractivity contribution in [2.45, 2.75) is 37.0 Å². The SMILES string of the molecule is CN1CCC23C=CC(O)C[C@H]2Oc2c(Oc4ccccc4)ccc(c23)C1. The van der Waals surface area contributed by atoms with Crippen molar-refractivity contribution in [2.24, 2.45) is 0 Å². The molecule has 3 aliphatic rings. The monoisotopic (exact) mass is 349 g/mol. The van der Waals surface area contributed by atoms with Crippen molar-refractivity contribution in [2.75, 3.05) is 13.6 Å². The van der Waals surface area contributed by atoms with Crippen molar-refractivity contribution < 1.29 is 14.6 Å². The number of rotatable bonds is 2. The molecule has 1 spiro atoms. The lowest BCUT2D eigenvalue weighted by Crippen LogP contribution is -2.42. The molecule has 0 bridgehead atoms. The Morgan fingerprint density at radius 1 is 1.19 bits per heavy atom. The maximum atomic E-state index is 10.2. The molecule has 2 heterocycles. The van der Waals surface area contributed by atoms with Crippen LogP contribution >= 0.6 is 0 Å². The fourth-order valence-electron chi connectivity index (χ4n) is 4.61. The Morgan fingerprint density at radius 2 is 2.04 bits per heavy atom. The van der Waals surface area contributed by atoms with Gasteiger partial charge in [-0.25, -0.2) is 0 Å². The summed E-state index contributed by atoms with van der Waals surface area (Å²) in [6.45, 7) is 1.91. The van der Waals surface area contributed by atoms with Crippen LogP contribution in [0.2, 0.25) is 0 Å². The average molecular weight is 349 g/mol. The maximum absolute atomic E-state index is 10.2. The van der Waals surface area contributed by atoms with E-state index in [1.165, 1.54) is 11.1 Å². The highest BCUT2D eigenvalue weighted by Crippen LogP contribution is 2.56. The summed E-state index contributed by atoms with van der Waals surface area (Å²) in [7, 11) is 2.16. The Bertz CT molecular complexity index is 863. The molecule has 0 amide bonds. The zero-order valence-corrected chi connectivity index (χ0v) is 14.9. The largest absolute Gasteiger partial charge is 0.485 e. The van der Waals surface area contributed by atoms with Crippen LogP contribution in [0.4, 0.5) is 0 Å². The number of aliphatic hydroxyl groups excluding tert-OH is 1. The molecule has 0 aromatic heterocycles. The quantitative estimate of drug-likeness (QED) is 0.841. The minimum atomic E-state index is -0.442. The molecule has 0 saturated carbocycles. The molecule has 26 heavy (non-hydrogen) atoms. The Balaban J connectivity index is 1.65. The van der Waals surface area contributed by atoms with Crippen LogP contribution < -0.4 is 9.47 Å². The van der Waals surface area contributed by atoms with Crippen molar-refractivity contribution >= 4 is 0 Å². The highest BCUT2D eigenvalue weighted by molar-refractivity contribution is 5.61. The van der Waals surface area contributed by atoms with Gasteiger partial charge >= 0.3 is 0 Å². The third kappa shape index (κ3) is 2.37. The molecule has 1 N–H and O–H groups in total. The summed E-state index contributed by atoms with van der Waals surface area (Å²) in [5.74, 6) is 2.42. The molecule has 2 aromatic carbocycles. The van der Waals surface area contributed by atoms with E-state index in [-0.39, 0.29) is 11.5 Å². The summed E-state index contributed by atoms with van der Waals surface area (Å²) >= 11 is 0. The zero-order chi connectivity index (χ0) is 17.7. The van der Waals surface area contributed by atoms with Crippen molar-refractivity contribution in [3.63, 3.8) is 0 Å². The highest BCUT2D eigenvalue weighted by atomic mass is 16.5. The van der Waals surface area contributed by atoms with Gasteiger partial charge < -0.3 is 19.5 Å². The van der Waals surface area contributed by atoms with E-state index in [1.807, 2.05) is 42.5 Å². The first kappa shape index (κ1) is 15.9. The van der Waals surface area contributed by atoms with Crippen LogP contribution in [0.1, 0.15) is 24.0 Å². The second-order valence-electron chi connectivity index (χ2n) is 7.64. The van der Waals surface area contributed by atoms with Gasteiger partial charge in [-0.15, -0.1) is 0 Å². The van der Waals surface area contributed by atoms with Gasteiger partial charge in [-0.1, -0.05) is 36.4 Å². The molecule has 4 nitrogen and oxygen atoms in total. The fraction of sp³-hybridized carbons (Fsp3) is 0.364. The second-order valence-corrected chi connectivity index (χ2v) is 7.64. The van der Waals surface area contributed by atoms with E-state index in [4.69, 9.17) is 9.47 Å². The van der Waals surface area contributed by atoms with Crippen LogP contribution in [-0.4, -0.2) is 35.8 Å². The smallest absolute Gasteiger partial charge is 0.169 e. The fourth-order valence-corrected chi connectivity index (χ4v) is 4.61. The van der Waals surface area contributed by atoms with E-state index in [0.29, 0.717) is 6.42 Å². The summed E-state index contributed by atoms with van der Waals surface area (Å²) in [5.41, 5.74) is 2.39. The van der Waals surface area contributed by atoms with Crippen molar-refractivity contribution in [1.82, 2.24) is 4.90 Å². The summed E-state index contributed by atoms with van der Waals surface area (Å²) in [6, 6.07) is 14.0. The molecular weight excluding hydrogens is 326 g/mol. The Labute approximate surface area is 153 Å². The van der Waals surface area contributed by atoms with Gasteiger partial charge in [-0.2, -0.15) is 0 Å². The van der Waals surface area contributed by atoms with E-state index in [2.05, 4.69) is 24.1 Å². The van der Waals surface area contributed by atoms with Crippen molar-refractivity contribution in [3.05, 3.63) is 65.7 Å². The minimum Gasteiger partial charge on any atom is -0.485 e. The van der Waals surface area contributed by atoms with Gasteiger partial charge in [0.05, 0.1) is 11.5 Å².